The maximum absolute atomic E-state index is 12.3. The first-order valence-electron chi connectivity index (χ1n) is 10.3. The van der Waals surface area contributed by atoms with Crippen LogP contribution in [0.5, 0.6) is 5.75 Å². The first kappa shape index (κ1) is 23.7. The van der Waals surface area contributed by atoms with Gasteiger partial charge in [-0.25, -0.2) is 4.79 Å². The van der Waals surface area contributed by atoms with E-state index in [9.17, 15) is 14.9 Å². The number of ether oxygens (including phenoxy) is 2. The number of carbonyl (C=O) groups is 2. The molecule has 1 aromatic heterocycles. The highest BCUT2D eigenvalue weighted by molar-refractivity contribution is 5.99. The lowest BCUT2D eigenvalue weighted by Crippen LogP contribution is -2.35. The summed E-state index contributed by atoms with van der Waals surface area (Å²) in [6.07, 6.45) is 2.26. The highest BCUT2D eigenvalue weighted by Gasteiger charge is 2.16. The van der Waals surface area contributed by atoms with Crippen molar-refractivity contribution in [3.8, 4) is 17.5 Å². The Hall–Kier alpha value is -3.53. The SMILES string of the molecule is CCOc1ccc(-n2c(C)cc(/C=C(\C#N)C(=O)OCC(=O)N[C@@H](C)CC)c2C)cc1. The van der Waals surface area contributed by atoms with Crippen molar-refractivity contribution in [2.24, 2.45) is 0 Å². The fourth-order valence-electron chi connectivity index (χ4n) is 3.11. The van der Waals surface area contributed by atoms with E-state index < -0.39 is 18.5 Å². The van der Waals surface area contributed by atoms with Crippen molar-refractivity contribution in [3.05, 3.63) is 52.9 Å². The number of rotatable bonds is 9. The molecular weight excluding hydrogens is 394 g/mol. The molecule has 0 spiro atoms. The molecule has 0 aliphatic heterocycles. The Balaban J connectivity index is 2.19. The van der Waals surface area contributed by atoms with Crippen LogP contribution in [-0.2, 0) is 14.3 Å². The van der Waals surface area contributed by atoms with Crippen LogP contribution in [0.1, 0.15) is 44.1 Å². The van der Waals surface area contributed by atoms with Gasteiger partial charge in [0.1, 0.15) is 17.4 Å². The summed E-state index contributed by atoms with van der Waals surface area (Å²) in [6.45, 7) is 9.77. The highest BCUT2D eigenvalue weighted by atomic mass is 16.5. The summed E-state index contributed by atoms with van der Waals surface area (Å²) >= 11 is 0. The maximum Gasteiger partial charge on any atom is 0.349 e. The van der Waals surface area contributed by atoms with Crippen LogP contribution in [-0.4, -0.2) is 35.7 Å². The van der Waals surface area contributed by atoms with Gasteiger partial charge in [0.25, 0.3) is 5.91 Å². The van der Waals surface area contributed by atoms with Gasteiger partial charge in [-0.2, -0.15) is 5.26 Å². The molecule has 2 rings (SSSR count). The van der Waals surface area contributed by atoms with Crippen molar-refractivity contribution in [2.75, 3.05) is 13.2 Å². The van der Waals surface area contributed by atoms with Crippen LogP contribution in [0.25, 0.3) is 11.8 Å². The van der Waals surface area contributed by atoms with Gasteiger partial charge in [-0.15, -0.1) is 0 Å². The number of carbonyl (C=O) groups excluding carboxylic acids is 2. The van der Waals surface area contributed by atoms with Gasteiger partial charge in [-0.1, -0.05) is 6.92 Å². The third-order valence-corrected chi connectivity index (χ3v) is 4.87. The molecular formula is C24H29N3O4. The van der Waals surface area contributed by atoms with E-state index in [1.165, 1.54) is 6.08 Å². The van der Waals surface area contributed by atoms with Crippen molar-refractivity contribution < 1.29 is 19.1 Å². The Morgan fingerprint density at radius 1 is 1.23 bits per heavy atom. The normalized spacial score (nSPS) is 12.1. The van der Waals surface area contributed by atoms with Crippen molar-refractivity contribution in [3.63, 3.8) is 0 Å². The largest absolute Gasteiger partial charge is 0.494 e. The van der Waals surface area contributed by atoms with Crippen LogP contribution >= 0.6 is 0 Å². The minimum absolute atomic E-state index is 0.00910. The maximum atomic E-state index is 12.3. The number of nitrogens with one attached hydrogen (secondary N) is 1. The summed E-state index contributed by atoms with van der Waals surface area (Å²) in [4.78, 5) is 24.1. The van der Waals surface area contributed by atoms with Crippen LogP contribution in [0, 0.1) is 25.2 Å². The third kappa shape index (κ3) is 6.22. The van der Waals surface area contributed by atoms with Crippen molar-refractivity contribution in [1.82, 2.24) is 9.88 Å². The standard InChI is InChI=1S/C24H29N3O4/c1-6-16(3)26-23(28)15-31-24(29)20(14-25)13-19-12-17(4)27(18(19)5)21-8-10-22(11-9-21)30-7-2/h8-13,16H,6-7,15H2,1-5H3,(H,26,28)/b20-13+/t16-/m0/s1. The first-order chi connectivity index (χ1) is 14.8. The Bertz CT molecular complexity index is 997. The van der Waals surface area contributed by atoms with E-state index in [1.807, 2.05) is 75.6 Å². The quantitative estimate of drug-likeness (QED) is 0.376. The average Bonchev–Trinajstić information content (AvgIpc) is 3.03. The van der Waals surface area contributed by atoms with Crippen molar-refractivity contribution in [2.45, 2.75) is 47.1 Å². The first-order valence-corrected chi connectivity index (χ1v) is 10.3. The average molecular weight is 424 g/mol. The predicted molar refractivity (Wildman–Crippen MR) is 119 cm³/mol. The Morgan fingerprint density at radius 2 is 1.90 bits per heavy atom. The zero-order valence-electron chi connectivity index (χ0n) is 18.7. The van der Waals surface area contributed by atoms with Crippen LogP contribution < -0.4 is 10.1 Å². The van der Waals surface area contributed by atoms with E-state index >= 15 is 0 Å². The predicted octanol–water partition coefficient (Wildman–Crippen LogP) is 3.86. The summed E-state index contributed by atoms with van der Waals surface area (Å²) in [5, 5.41) is 12.1. The van der Waals surface area contributed by atoms with Gasteiger partial charge in [0.15, 0.2) is 6.61 Å². The van der Waals surface area contributed by atoms with E-state index in [0.29, 0.717) is 6.61 Å². The van der Waals surface area contributed by atoms with Crippen LogP contribution in [0.2, 0.25) is 0 Å². The van der Waals surface area contributed by atoms with Crippen LogP contribution in [0.3, 0.4) is 0 Å². The van der Waals surface area contributed by atoms with E-state index in [0.717, 1.165) is 34.8 Å². The molecule has 1 N–H and O–H groups in total. The second kappa shape index (κ2) is 11.0. The van der Waals surface area contributed by atoms with Crippen molar-refractivity contribution in [1.29, 1.82) is 5.26 Å². The Morgan fingerprint density at radius 3 is 2.48 bits per heavy atom. The van der Waals surface area contributed by atoms with Gasteiger partial charge >= 0.3 is 5.97 Å². The minimum Gasteiger partial charge on any atom is -0.494 e. The van der Waals surface area contributed by atoms with Gasteiger partial charge < -0.3 is 19.4 Å². The Labute approximate surface area is 183 Å². The topological polar surface area (TPSA) is 93.3 Å². The molecule has 31 heavy (non-hydrogen) atoms. The van der Waals surface area contributed by atoms with Gasteiger partial charge in [0.2, 0.25) is 0 Å². The number of nitriles is 1. The molecule has 7 nitrogen and oxygen atoms in total. The summed E-state index contributed by atoms with van der Waals surface area (Å²) in [5.41, 5.74) is 3.33. The summed E-state index contributed by atoms with van der Waals surface area (Å²) in [7, 11) is 0. The summed E-state index contributed by atoms with van der Waals surface area (Å²) < 4.78 is 12.5. The molecule has 0 aliphatic rings. The van der Waals surface area contributed by atoms with E-state index in [2.05, 4.69) is 5.32 Å². The molecule has 1 amide bonds. The molecule has 1 aromatic carbocycles. The number of nitrogens with zero attached hydrogens (tertiary/aromatic N) is 2. The summed E-state index contributed by atoms with van der Waals surface area (Å²) in [5.74, 6) is -0.429. The van der Waals surface area contributed by atoms with Gasteiger partial charge in [-0.3, -0.25) is 4.79 Å². The summed E-state index contributed by atoms with van der Waals surface area (Å²) in [6, 6.07) is 11.5. The molecule has 0 unspecified atom stereocenters. The van der Waals surface area contributed by atoms with Crippen molar-refractivity contribution >= 4 is 18.0 Å². The molecule has 1 atom stereocenters. The van der Waals surface area contributed by atoms with Gasteiger partial charge in [0, 0.05) is 23.1 Å². The van der Waals surface area contributed by atoms with Crippen LogP contribution in [0.4, 0.5) is 0 Å². The molecule has 0 saturated carbocycles. The monoisotopic (exact) mass is 423 g/mol. The number of amides is 1. The fourth-order valence-corrected chi connectivity index (χ4v) is 3.11. The molecule has 0 aliphatic carbocycles. The molecule has 0 fully saturated rings. The van der Waals surface area contributed by atoms with Crippen LogP contribution in [0.15, 0.2) is 35.9 Å². The second-order valence-electron chi connectivity index (χ2n) is 7.21. The van der Waals surface area contributed by atoms with E-state index in [4.69, 9.17) is 9.47 Å². The lowest BCUT2D eigenvalue weighted by atomic mass is 10.1. The lowest BCUT2D eigenvalue weighted by molar-refractivity contribution is -0.144. The molecule has 0 radical (unpaired) electrons. The molecule has 164 valence electrons. The molecule has 1 heterocycles. The zero-order valence-corrected chi connectivity index (χ0v) is 18.7. The van der Waals surface area contributed by atoms with E-state index in [-0.39, 0.29) is 11.6 Å². The number of esters is 1. The molecule has 7 heteroatoms. The molecule has 0 bridgehead atoms. The molecule has 0 saturated heterocycles. The van der Waals surface area contributed by atoms with E-state index in [1.54, 1.807) is 0 Å². The number of hydrogen-bond donors (Lipinski definition) is 1. The second-order valence-corrected chi connectivity index (χ2v) is 7.21. The zero-order chi connectivity index (χ0) is 23.0. The van der Waals surface area contributed by atoms with Gasteiger partial charge in [-0.05, 0) is 76.1 Å². The third-order valence-electron chi connectivity index (χ3n) is 4.87. The smallest absolute Gasteiger partial charge is 0.349 e. The van der Waals surface area contributed by atoms with Gasteiger partial charge in [0.05, 0.1) is 6.61 Å². The minimum atomic E-state index is -0.826. The number of aromatic nitrogens is 1. The Kier molecular flexibility index (Phi) is 8.44. The number of aryl methyl sites for hydroxylation is 1. The molecule has 2 aromatic rings. The number of hydrogen-bond acceptors (Lipinski definition) is 5. The number of benzene rings is 1. The highest BCUT2D eigenvalue weighted by Crippen LogP contribution is 2.24. The lowest BCUT2D eigenvalue weighted by Gasteiger charge is -2.11. The fraction of sp³-hybridized carbons (Fsp3) is 0.375.